The van der Waals surface area contributed by atoms with E-state index < -0.39 is 10.1 Å². The summed E-state index contributed by atoms with van der Waals surface area (Å²) in [5, 5.41) is 3.27. The van der Waals surface area contributed by atoms with Gasteiger partial charge in [-0.15, -0.1) is 0 Å². The van der Waals surface area contributed by atoms with Crippen LogP contribution in [-0.2, 0) is 10.1 Å². The molecule has 0 unspecified atom stereocenters. The fraction of sp³-hybridized carbons (Fsp3) is 0.417. The monoisotopic (exact) mass is 285 g/mol. The fourth-order valence-corrected chi connectivity index (χ4v) is 1.34. The summed E-state index contributed by atoms with van der Waals surface area (Å²) in [5.74, 6) is 1.49. The Morgan fingerprint density at radius 1 is 1.37 bits per heavy atom. The van der Waals surface area contributed by atoms with E-state index in [0.29, 0.717) is 12.2 Å². The summed E-state index contributed by atoms with van der Waals surface area (Å²) in [5.41, 5.74) is 2.09. The van der Waals surface area contributed by atoms with Crippen LogP contribution in [0, 0.1) is 5.92 Å². The van der Waals surface area contributed by atoms with Crippen molar-refractivity contribution in [2.75, 3.05) is 18.1 Å². The second kappa shape index (κ2) is 6.53. The second-order valence-electron chi connectivity index (χ2n) is 4.61. The molecule has 0 aliphatic rings. The zero-order chi connectivity index (χ0) is 14.5. The maximum absolute atomic E-state index is 9.19. The summed E-state index contributed by atoms with van der Waals surface area (Å²) in [6, 6.07) is 8.04. The number of aromatic nitrogens is 2. The largest absolute Gasteiger partial charge is 0.356 e. The first kappa shape index (κ1) is 15.5. The van der Waals surface area contributed by atoms with Crippen molar-refractivity contribution >= 4 is 27.1 Å². The third kappa shape index (κ3) is 6.78. The summed E-state index contributed by atoms with van der Waals surface area (Å²) in [7, 11) is -3.67. The summed E-state index contributed by atoms with van der Waals surface area (Å²) >= 11 is 0. The summed E-state index contributed by atoms with van der Waals surface area (Å²) in [6.07, 6.45) is 0.715. The molecule has 0 aliphatic heterocycles. The number of hydrogen-bond acceptors (Lipinski definition) is 4. The molecule has 0 fully saturated rings. The number of hydrogen-bond donors (Lipinski definition) is 3. The van der Waals surface area contributed by atoms with Crippen LogP contribution in [0.25, 0.3) is 11.0 Å². The van der Waals surface area contributed by atoms with Gasteiger partial charge in [0.05, 0.1) is 17.3 Å². The van der Waals surface area contributed by atoms with Gasteiger partial charge in [-0.05, 0) is 18.1 Å². The predicted molar refractivity (Wildman–Crippen MR) is 76.9 cm³/mol. The quantitative estimate of drug-likeness (QED) is 0.751. The number of rotatable bonds is 3. The van der Waals surface area contributed by atoms with Crippen molar-refractivity contribution in [1.82, 2.24) is 9.97 Å². The molecule has 2 rings (SSSR count). The first-order chi connectivity index (χ1) is 8.75. The normalized spacial score (nSPS) is 11.2. The molecule has 1 heterocycles. The smallest absolute Gasteiger partial charge is 0.261 e. The zero-order valence-corrected chi connectivity index (χ0v) is 12.0. The lowest BCUT2D eigenvalue weighted by Gasteiger charge is -2.04. The molecule has 0 spiro atoms. The molecule has 0 saturated carbocycles. The Morgan fingerprint density at radius 3 is 2.47 bits per heavy atom. The lowest BCUT2D eigenvalue weighted by atomic mass is 10.2. The van der Waals surface area contributed by atoms with Gasteiger partial charge in [0, 0.05) is 6.54 Å². The van der Waals surface area contributed by atoms with Crippen LogP contribution in [0.1, 0.15) is 13.8 Å². The van der Waals surface area contributed by atoms with Gasteiger partial charge in [0.25, 0.3) is 10.1 Å². The molecule has 0 radical (unpaired) electrons. The molecule has 3 N–H and O–H groups in total. The van der Waals surface area contributed by atoms with E-state index in [1.165, 1.54) is 0 Å². The van der Waals surface area contributed by atoms with Gasteiger partial charge < -0.3 is 10.3 Å². The average Bonchev–Trinajstić information content (AvgIpc) is 2.66. The maximum atomic E-state index is 9.19. The Hall–Kier alpha value is -1.60. The first-order valence-corrected chi connectivity index (χ1v) is 7.71. The summed E-state index contributed by atoms with van der Waals surface area (Å²) < 4.78 is 25.9. The molecule has 0 atom stereocenters. The van der Waals surface area contributed by atoms with Crippen LogP contribution < -0.4 is 5.32 Å². The fourth-order valence-electron chi connectivity index (χ4n) is 1.34. The minimum atomic E-state index is -3.67. The van der Waals surface area contributed by atoms with E-state index in [4.69, 9.17) is 4.55 Å². The number of nitrogens with zero attached hydrogens (tertiary/aromatic N) is 1. The number of anilines is 1. The standard InChI is InChI=1S/C11H15N3.CH4O3S/c1-8(2)7-12-11-13-9-5-3-4-6-10(9)14-11;1-5(2,3)4/h3-6,8H,7H2,1-2H3,(H2,12,13,14);1H3,(H,2,3,4). The highest BCUT2D eigenvalue weighted by atomic mass is 32.2. The van der Waals surface area contributed by atoms with Crippen LogP contribution in [-0.4, -0.2) is 35.7 Å². The lowest BCUT2D eigenvalue weighted by molar-refractivity contribution is 0.490. The minimum absolute atomic E-state index is 0.628. The SMILES string of the molecule is CC(C)CNc1nc2ccccc2[nH]1.CS(=O)(=O)O. The Bertz CT molecular complexity index is 579. The topological polar surface area (TPSA) is 95.1 Å². The molecule has 1 aromatic carbocycles. The molecular formula is C12H19N3O3S. The van der Waals surface area contributed by atoms with Gasteiger partial charge in [-0.1, -0.05) is 26.0 Å². The minimum Gasteiger partial charge on any atom is -0.356 e. The van der Waals surface area contributed by atoms with E-state index in [1.54, 1.807) is 0 Å². The number of H-pyrrole nitrogens is 1. The average molecular weight is 285 g/mol. The van der Waals surface area contributed by atoms with Gasteiger partial charge in [0.2, 0.25) is 5.95 Å². The second-order valence-corrected chi connectivity index (χ2v) is 6.08. The van der Waals surface area contributed by atoms with E-state index in [9.17, 15) is 8.42 Å². The third-order valence-electron chi connectivity index (χ3n) is 2.07. The van der Waals surface area contributed by atoms with E-state index in [-0.39, 0.29) is 0 Å². The van der Waals surface area contributed by atoms with Crippen LogP contribution in [0.5, 0.6) is 0 Å². The molecular weight excluding hydrogens is 266 g/mol. The van der Waals surface area contributed by atoms with E-state index in [2.05, 4.69) is 29.1 Å². The summed E-state index contributed by atoms with van der Waals surface area (Å²) in [6.45, 7) is 5.30. The Labute approximate surface area is 113 Å². The molecule has 106 valence electrons. The van der Waals surface area contributed by atoms with Crippen molar-refractivity contribution in [2.45, 2.75) is 13.8 Å². The molecule has 0 amide bonds. The van der Waals surface area contributed by atoms with Crippen molar-refractivity contribution in [3.05, 3.63) is 24.3 Å². The van der Waals surface area contributed by atoms with Crippen LogP contribution in [0.3, 0.4) is 0 Å². The van der Waals surface area contributed by atoms with E-state index in [0.717, 1.165) is 23.5 Å². The summed E-state index contributed by atoms with van der Waals surface area (Å²) in [4.78, 5) is 7.65. The highest BCUT2D eigenvalue weighted by Gasteiger charge is 2.01. The molecule has 6 nitrogen and oxygen atoms in total. The van der Waals surface area contributed by atoms with Crippen molar-refractivity contribution in [3.8, 4) is 0 Å². The molecule has 0 saturated heterocycles. The number of nitrogens with one attached hydrogen (secondary N) is 2. The number of aromatic amines is 1. The van der Waals surface area contributed by atoms with Crippen LogP contribution in [0.2, 0.25) is 0 Å². The van der Waals surface area contributed by atoms with E-state index in [1.807, 2.05) is 24.3 Å². The molecule has 0 bridgehead atoms. The number of imidazole rings is 1. The molecule has 0 aliphatic carbocycles. The van der Waals surface area contributed by atoms with Gasteiger partial charge in [-0.2, -0.15) is 8.42 Å². The van der Waals surface area contributed by atoms with Gasteiger partial charge in [-0.3, -0.25) is 4.55 Å². The highest BCUT2D eigenvalue weighted by molar-refractivity contribution is 7.85. The van der Waals surface area contributed by atoms with Gasteiger partial charge >= 0.3 is 0 Å². The molecule has 2 aromatic rings. The Morgan fingerprint density at radius 2 is 1.95 bits per heavy atom. The number of fused-ring (bicyclic) bond motifs is 1. The zero-order valence-electron chi connectivity index (χ0n) is 11.2. The molecule has 7 heteroatoms. The van der Waals surface area contributed by atoms with Crippen LogP contribution in [0.15, 0.2) is 24.3 Å². The molecule has 19 heavy (non-hydrogen) atoms. The lowest BCUT2D eigenvalue weighted by Crippen LogP contribution is -2.08. The first-order valence-electron chi connectivity index (χ1n) is 5.87. The van der Waals surface area contributed by atoms with Gasteiger partial charge in [0.15, 0.2) is 0 Å². The predicted octanol–water partition coefficient (Wildman–Crippen LogP) is 2.13. The van der Waals surface area contributed by atoms with Crippen LogP contribution in [0.4, 0.5) is 5.95 Å². The third-order valence-corrected chi connectivity index (χ3v) is 2.07. The Balaban J connectivity index is 0.000000312. The van der Waals surface area contributed by atoms with Gasteiger partial charge in [-0.25, -0.2) is 4.98 Å². The van der Waals surface area contributed by atoms with Crippen LogP contribution >= 0.6 is 0 Å². The van der Waals surface area contributed by atoms with Crippen molar-refractivity contribution < 1.29 is 13.0 Å². The highest BCUT2D eigenvalue weighted by Crippen LogP contribution is 2.13. The number of benzene rings is 1. The van der Waals surface area contributed by atoms with Gasteiger partial charge in [0.1, 0.15) is 0 Å². The van der Waals surface area contributed by atoms with E-state index >= 15 is 0 Å². The van der Waals surface area contributed by atoms with Crippen molar-refractivity contribution in [1.29, 1.82) is 0 Å². The van der Waals surface area contributed by atoms with Crippen molar-refractivity contribution in [2.24, 2.45) is 5.92 Å². The van der Waals surface area contributed by atoms with Crippen molar-refractivity contribution in [3.63, 3.8) is 0 Å². The number of para-hydroxylation sites is 2. The Kier molecular flexibility index (Phi) is 5.31. The maximum Gasteiger partial charge on any atom is 0.261 e. The molecule has 1 aromatic heterocycles.